The summed E-state index contributed by atoms with van der Waals surface area (Å²) in [5.41, 5.74) is 2.12. The van der Waals surface area contributed by atoms with Gasteiger partial charge in [0, 0.05) is 5.39 Å². The fourth-order valence-electron chi connectivity index (χ4n) is 2.25. The fraction of sp³-hybridized carbons (Fsp3) is 0.200. The van der Waals surface area contributed by atoms with Gasteiger partial charge in [0.2, 0.25) is 0 Å². The number of benzene rings is 1. The molecule has 1 aromatic carbocycles. The third-order valence-corrected chi connectivity index (χ3v) is 4.36. The second kappa shape index (κ2) is 5.09. The van der Waals surface area contributed by atoms with Crippen molar-refractivity contribution in [2.24, 2.45) is 0 Å². The van der Waals surface area contributed by atoms with Gasteiger partial charge in [0.1, 0.15) is 9.71 Å². The lowest BCUT2D eigenvalue weighted by molar-refractivity contribution is 0.0702. The first-order valence-corrected chi connectivity index (χ1v) is 7.27. The molecule has 0 amide bonds. The van der Waals surface area contributed by atoms with Crippen LogP contribution < -0.4 is 0 Å². The molecule has 3 aromatic rings. The number of aromatic nitrogens is 2. The van der Waals surface area contributed by atoms with Gasteiger partial charge >= 0.3 is 5.97 Å². The molecule has 0 spiro atoms. The average molecular weight is 286 g/mol. The van der Waals surface area contributed by atoms with Crippen molar-refractivity contribution in [2.75, 3.05) is 0 Å². The number of hydrogen-bond acceptors (Lipinski definition) is 3. The van der Waals surface area contributed by atoms with Crippen molar-refractivity contribution in [1.29, 1.82) is 0 Å². The summed E-state index contributed by atoms with van der Waals surface area (Å²) < 4.78 is 1.90. The molecule has 0 bridgehead atoms. The summed E-state index contributed by atoms with van der Waals surface area (Å²) in [4.78, 5) is 12.4. The minimum absolute atomic E-state index is 0.369. The molecule has 2 aromatic heterocycles. The minimum atomic E-state index is -0.875. The summed E-state index contributed by atoms with van der Waals surface area (Å²) in [6.45, 7) is 2.70. The maximum Gasteiger partial charge on any atom is 0.345 e. The van der Waals surface area contributed by atoms with E-state index in [0.717, 1.165) is 27.9 Å². The molecule has 0 atom stereocenters. The van der Waals surface area contributed by atoms with Crippen molar-refractivity contribution in [3.8, 4) is 0 Å². The summed E-state index contributed by atoms with van der Waals surface area (Å²) >= 11 is 1.29. The molecular weight excluding hydrogens is 272 g/mol. The molecule has 20 heavy (non-hydrogen) atoms. The topological polar surface area (TPSA) is 55.1 Å². The highest BCUT2D eigenvalue weighted by Crippen LogP contribution is 2.29. The molecule has 0 aliphatic heterocycles. The first-order valence-electron chi connectivity index (χ1n) is 6.45. The van der Waals surface area contributed by atoms with E-state index in [1.807, 2.05) is 41.9 Å². The van der Waals surface area contributed by atoms with E-state index >= 15 is 0 Å². The Morgan fingerprint density at radius 2 is 2.10 bits per heavy atom. The number of fused-ring (bicyclic) bond motifs is 1. The molecule has 4 nitrogen and oxygen atoms in total. The van der Waals surface area contributed by atoms with E-state index in [1.54, 1.807) is 6.07 Å². The van der Waals surface area contributed by atoms with Crippen molar-refractivity contribution in [3.05, 3.63) is 52.5 Å². The molecule has 5 heteroatoms. The molecule has 102 valence electrons. The van der Waals surface area contributed by atoms with Crippen molar-refractivity contribution in [1.82, 2.24) is 9.78 Å². The second-order valence-corrected chi connectivity index (χ2v) is 5.61. The van der Waals surface area contributed by atoms with E-state index in [9.17, 15) is 4.79 Å². The first kappa shape index (κ1) is 12.9. The highest BCUT2D eigenvalue weighted by Gasteiger charge is 2.16. The predicted molar refractivity (Wildman–Crippen MR) is 79.5 cm³/mol. The fourth-order valence-corrected chi connectivity index (χ4v) is 3.22. The van der Waals surface area contributed by atoms with Crippen molar-refractivity contribution < 1.29 is 9.90 Å². The third-order valence-electron chi connectivity index (χ3n) is 3.22. The quantitative estimate of drug-likeness (QED) is 0.799. The number of carboxylic acid groups (broad SMARTS) is 1. The maximum atomic E-state index is 11.1. The maximum absolute atomic E-state index is 11.1. The van der Waals surface area contributed by atoms with Crippen LogP contribution in [0.15, 0.2) is 36.4 Å². The molecule has 0 unspecified atom stereocenters. The number of rotatable bonds is 4. The predicted octanol–water partition coefficient (Wildman–Crippen LogP) is 3.41. The number of aromatic carboxylic acids is 1. The number of aryl methyl sites for hydroxylation is 1. The van der Waals surface area contributed by atoms with Crippen LogP contribution in [0, 0.1) is 0 Å². The molecule has 0 aliphatic carbocycles. The van der Waals surface area contributed by atoms with Gasteiger partial charge in [-0.25, -0.2) is 4.79 Å². The molecule has 0 saturated carbocycles. The summed E-state index contributed by atoms with van der Waals surface area (Å²) in [6.07, 6.45) is 0.800. The van der Waals surface area contributed by atoms with Crippen LogP contribution in [0.1, 0.15) is 27.9 Å². The van der Waals surface area contributed by atoms with Crippen LogP contribution in [0.4, 0.5) is 0 Å². The largest absolute Gasteiger partial charge is 0.477 e. The van der Waals surface area contributed by atoms with E-state index in [-0.39, 0.29) is 0 Å². The van der Waals surface area contributed by atoms with Gasteiger partial charge in [-0.05, 0) is 18.1 Å². The third kappa shape index (κ3) is 2.20. The van der Waals surface area contributed by atoms with Crippen LogP contribution >= 0.6 is 11.3 Å². The Kier molecular flexibility index (Phi) is 3.28. The van der Waals surface area contributed by atoms with E-state index in [1.165, 1.54) is 11.3 Å². The van der Waals surface area contributed by atoms with Crippen molar-refractivity contribution in [3.63, 3.8) is 0 Å². The van der Waals surface area contributed by atoms with Gasteiger partial charge in [-0.3, -0.25) is 4.68 Å². The van der Waals surface area contributed by atoms with Crippen LogP contribution in [-0.4, -0.2) is 20.9 Å². The Hall–Kier alpha value is -2.14. The zero-order chi connectivity index (χ0) is 14.1. The van der Waals surface area contributed by atoms with Crippen molar-refractivity contribution >= 4 is 27.5 Å². The van der Waals surface area contributed by atoms with Gasteiger partial charge in [0.15, 0.2) is 0 Å². The van der Waals surface area contributed by atoms with E-state index in [0.29, 0.717) is 11.4 Å². The molecule has 3 rings (SSSR count). The normalized spacial score (nSPS) is 11.1. The lowest BCUT2D eigenvalue weighted by Crippen LogP contribution is -2.01. The van der Waals surface area contributed by atoms with Crippen LogP contribution in [0.3, 0.4) is 0 Å². The van der Waals surface area contributed by atoms with Gasteiger partial charge in [-0.15, -0.1) is 11.3 Å². The number of nitrogens with zero attached hydrogens (tertiary/aromatic N) is 2. The van der Waals surface area contributed by atoms with Crippen molar-refractivity contribution in [2.45, 2.75) is 19.9 Å². The van der Waals surface area contributed by atoms with Gasteiger partial charge in [-0.1, -0.05) is 37.3 Å². The lowest BCUT2D eigenvalue weighted by atomic mass is 10.2. The van der Waals surface area contributed by atoms with E-state index < -0.39 is 5.97 Å². The summed E-state index contributed by atoms with van der Waals surface area (Å²) in [6, 6.07) is 11.8. The highest BCUT2D eigenvalue weighted by molar-refractivity contribution is 7.20. The number of carboxylic acids is 1. The van der Waals surface area contributed by atoms with Gasteiger partial charge in [-0.2, -0.15) is 5.10 Å². The highest BCUT2D eigenvalue weighted by atomic mass is 32.1. The van der Waals surface area contributed by atoms with Crippen LogP contribution in [0.2, 0.25) is 0 Å². The summed E-state index contributed by atoms with van der Waals surface area (Å²) in [5.74, 6) is -0.875. The van der Waals surface area contributed by atoms with E-state index in [4.69, 9.17) is 5.11 Å². The molecule has 1 N–H and O–H groups in total. The number of hydrogen-bond donors (Lipinski definition) is 1. The number of carbonyl (C=O) groups is 1. The van der Waals surface area contributed by atoms with Crippen LogP contribution in [0.25, 0.3) is 10.2 Å². The van der Waals surface area contributed by atoms with Gasteiger partial charge in [0.25, 0.3) is 0 Å². The first-order chi connectivity index (χ1) is 9.69. The Bertz CT molecular complexity index is 759. The van der Waals surface area contributed by atoms with Crippen LogP contribution in [0.5, 0.6) is 0 Å². The Labute approximate surface area is 120 Å². The smallest absolute Gasteiger partial charge is 0.345 e. The lowest BCUT2D eigenvalue weighted by Gasteiger charge is -2.02. The summed E-state index contributed by atoms with van der Waals surface area (Å²) in [5, 5.41) is 14.7. The van der Waals surface area contributed by atoms with Crippen LogP contribution in [-0.2, 0) is 13.0 Å². The zero-order valence-corrected chi connectivity index (χ0v) is 11.9. The molecule has 0 fully saturated rings. The Balaban J connectivity index is 2.08. The minimum Gasteiger partial charge on any atom is -0.477 e. The average Bonchev–Trinajstić information content (AvgIpc) is 3.00. The second-order valence-electron chi connectivity index (χ2n) is 4.58. The molecule has 0 aliphatic rings. The van der Waals surface area contributed by atoms with E-state index in [2.05, 4.69) is 5.10 Å². The molecule has 2 heterocycles. The molecule has 0 radical (unpaired) electrons. The Morgan fingerprint density at radius 3 is 2.75 bits per heavy atom. The monoisotopic (exact) mass is 286 g/mol. The zero-order valence-electron chi connectivity index (χ0n) is 11.0. The molecular formula is C15H14N2O2S. The van der Waals surface area contributed by atoms with Gasteiger partial charge in [0.05, 0.1) is 12.2 Å². The van der Waals surface area contributed by atoms with Gasteiger partial charge < -0.3 is 5.11 Å². The molecule has 0 saturated heterocycles. The Morgan fingerprint density at radius 1 is 1.35 bits per heavy atom. The number of thiophene rings is 1. The summed E-state index contributed by atoms with van der Waals surface area (Å²) in [7, 11) is 0. The standard InChI is InChI=1S/C15H14N2O2S/c1-2-12-11-8-13(15(18)19)20-14(11)17(16-12)9-10-6-4-3-5-7-10/h3-8H,2,9H2,1H3,(H,18,19). The SMILES string of the molecule is CCc1nn(Cc2ccccc2)c2sc(C(=O)O)cc12.